The molecule has 20 heavy (non-hydrogen) atoms. The van der Waals surface area contributed by atoms with Crippen LogP contribution in [0, 0.1) is 0 Å². The third kappa shape index (κ3) is 4.43. The molecule has 1 heterocycles. The molecule has 0 aromatic heterocycles. The second-order valence-electron chi connectivity index (χ2n) is 5.93. The van der Waals surface area contributed by atoms with Gasteiger partial charge in [0.2, 0.25) is 10.0 Å². The largest absolute Gasteiger partial charge is 0.481 e. The summed E-state index contributed by atoms with van der Waals surface area (Å²) in [6.07, 6.45) is 5.23. The minimum Gasteiger partial charge on any atom is -0.481 e. The van der Waals surface area contributed by atoms with Gasteiger partial charge in [0, 0.05) is 12.1 Å². The summed E-state index contributed by atoms with van der Waals surface area (Å²) in [5.41, 5.74) is -0.804. The van der Waals surface area contributed by atoms with Crippen LogP contribution >= 0.6 is 0 Å². The molecule has 6 nitrogen and oxygen atoms in total. The van der Waals surface area contributed by atoms with E-state index in [1.54, 1.807) is 0 Å². The molecule has 2 N–H and O–H groups in total. The van der Waals surface area contributed by atoms with E-state index in [1.807, 2.05) is 0 Å². The molecule has 1 aliphatic heterocycles. The lowest BCUT2D eigenvalue weighted by atomic mass is 9.80. The van der Waals surface area contributed by atoms with Gasteiger partial charge in [-0.05, 0) is 25.7 Å². The normalized spacial score (nSPS) is 26.5. The Morgan fingerprint density at radius 1 is 1.25 bits per heavy atom. The molecule has 1 saturated heterocycles. The second-order valence-corrected chi connectivity index (χ2v) is 7.70. The van der Waals surface area contributed by atoms with Crippen LogP contribution in [0.5, 0.6) is 0 Å². The van der Waals surface area contributed by atoms with Crippen LogP contribution in [0.1, 0.15) is 51.4 Å². The van der Waals surface area contributed by atoms with E-state index in [1.165, 1.54) is 0 Å². The molecule has 0 amide bonds. The summed E-state index contributed by atoms with van der Waals surface area (Å²) < 4.78 is 32.5. The predicted molar refractivity (Wildman–Crippen MR) is 74.0 cm³/mol. The van der Waals surface area contributed by atoms with Crippen LogP contribution in [-0.4, -0.2) is 43.5 Å². The number of hydrogen-bond donors (Lipinski definition) is 2. The Hall–Kier alpha value is -0.660. The molecule has 7 heteroatoms. The van der Waals surface area contributed by atoms with Crippen molar-refractivity contribution in [2.24, 2.45) is 0 Å². The average molecular weight is 305 g/mol. The topological polar surface area (TPSA) is 92.7 Å². The van der Waals surface area contributed by atoms with Crippen LogP contribution in [0.4, 0.5) is 0 Å². The van der Waals surface area contributed by atoms with E-state index < -0.39 is 21.5 Å². The average Bonchev–Trinajstić information content (AvgIpc) is 2.79. The van der Waals surface area contributed by atoms with Crippen molar-refractivity contribution in [1.82, 2.24) is 4.72 Å². The number of carboxylic acids is 1. The van der Waals surface area contributed by atoms with E-state index in [-0.39, 0.29) is 18.3 Å². The first-order chi connectivity index (χ1) is 9.41. The van der Waals surface area contributed by atoms with Crippen LogP contribution < -0.4 is 4.72 Å². The van der Waals surface area contributed by atoms with Gasteiger partial charge in [-0.15, -0.1) is 0 Å². The van der Waals surface area contributed by atoms with E-state index in [9.17, 15) is 13.2 Å². The first-order valence-electron chi connectivity index (χ1n) is 7.26. The van der Waals surface area contributed by atoms with E-state index in [0.29, 0.717) is 19.4 Å². The Bertz CT molecular complexity index is 436. The fourth-order valence-electron chi connectivity index (χ4n) is 3.23. The Morgan fingerprint density at radius 3 is 2.50 bits per heavy atom. The van der Waals surface area contributed by atoms with Crippen molar-refractivity contribution in [3.63, 3.8) is 0 Å². The van der Waals surface area contributed by atoms with Gasteiger partial charge in [0.1, 0.15) is 0 Å². The number of nitrogens with one attached hydrogen (secondary N) is 1. The van der Waals surface area contributed by atoms with Crippen molar-refractivity contribution in [3.8, 4) is 0 Å². The highest BCUT2D eigenvalue weighted by atomic mass is 32.2. The third-order valence-corrected chi connectivity index (χ3v) is 5.66. The summed E-state index contributed by atoms with van der Waals surface area (Å²) in [4.78, 5) is 11.0. The van der Waals surface area contributed by atoms with E-state index in [0.717, 1.165) is 32.1 Å². The van der Waals surface area contributed by atoms with Crippen molar-refractivity contribution in [2.75, 3.05) is 12.4 Å². The molecule has 1 atom stereocenters. The lowest BCUT2D eigenvalue weighted by molar-refractivity contribution is -0.138. The SMILES string of the molecule is O=C(O)CC1(NS(=O)(=O)CC2CCCO2)CCCCC1. The van der Waals surface area contributed by atoms with Crippen LogP contribution in [0.2, 0.25) is 0 Å². The zero-order valence-corrected chi connectivity index (χ0v) is 12.5. The highest BCUT2D eigenvalue weighted by Crippen LogP contribution is 2.32. The van der Waals surface area contributed by atoms with Gasteiger partial charge in [-0.2, -0.15) is 0 Å². The highest BCUT2D eigenvalue weighted by molar-refractivity contribution is 7.89. The van der Waals surface area contributed by atoms with Crippen LogP contribution in [0.3, 0.4) is 0 Å². The molecule has 0 aromatic carbocycles. The Kier molecular flexibility index (Phi) is 5.04. The summed E-state index contributed by atoms with van der Waals surface area (Å²) in [5, 5.41) is 9.05. The molecule has 0 aromatic rings. The molecule has 2 fully saturated rings. The second kappa shape index (κ2) is 6.41. The number of ether oxygens (including phenoxy) is 1. The van der Waals surface area contributed by atoms with Crippen molar-refractivity contribution >= 4 is 16.0 Å². The van der Waals surface area contributed by atoms with Crippen molar-refractivity contribution in [3.05, 3.63) is 0 Å². The van der Waals surface area contributed by atoms with Crippen LogP contribution in [-0.2, 0) is 19.6 Å². The maximum atomic E-state index is 12.3. The fourth-order valence-corrected chi connectivity index (χ4v) is 5.00. The molecule has 1 aliphatic carbocycles. The van der Waals surface area contributed by atoms with Gasteiger partial charge in [0.25, 0.3) is 0 Å². The van der Waals surface area contributed by atoms with E-state index >= 15 is 0 Å². The van der Waals surface area contributed by atoms with E-state index in [2.05, 4.69) is 4.72 Å². The quantitative estimate of drug-likeness (QED) is 0.770. The minimum atomic E-state index is -3.51. The Balaban J connectivity index is 2.03. The standard InChI is InChI=1S/C13H23NO5S/c15-12(16)9-13(6-2-1-3-7-13)14-20(17,18)10-11-5-4-8-19-11/h11,14H,1-10H2,(H,15,16). The third-order valence-electron chi connectivity index (χ3n) is 4.10. The van der Waals surface area contributed by atoms with Gasteiger partial charge in [0.15, 0.2) is 0 Å². The summed E-state index contributed by atoms with van der Waals surface area (Å²) in [5.74, 6) is -1.01. The summed E-state index contributed by atoms with van der Waals surface area (Å²) in [6, 6.07) is 0. The lowest BCUT2D eigenvalue weighted by Crippen LogP contribution is -2.52. The van der Waals surface area contributed by atoms with Crippen LogP contribution in [0.15, 0.2) is 0 Å². The summed E-state index contributed by atoms with van der Waals surface area (Å²) in [7, 11) is -3.51. The van der Waals surface area contributed by atoms with Gasteiger partial charge in [0.05, 0.1) is 18.3 Å². The summed E-state index contributed by atoms with van der Waals surface area (Å²) in [6.45, 7) is 0.612. The monoisotopic (exact) mass is 305 g/mol. The zero-order valence-electron chi connectivity index (χ0n) is 11.6. The van der Waals surface area contributed by atoms with Crippen molar-refractivity contribution < 1.29 is 23.1 Å². The molecular formula is C13H23NO5S. The molecule has 0 radical (unpaired) electrons. The van der Waals surface area contributed by atoms with Gasteiger partial charge in [-0.1, -0.05) is 19.3 Å². The van der Waals surface area contributed by atoms with Crippen molar-refractivity contribution in [2.45, 2.75) is 63.0 Å². The maximum Gasteiger partial charge on any atom is 0.305 e. The number of carbonyl (C=O) groups is 1. The molecule has 2 rings (SSSR count). The molecule has 0 spiro atoms. The Labute approximate surface area is 119 Å². The molecule has 1 unspecified atom stereocenters. The predicted octanol–water partition coefficient (Wildman–Crippen LogP) is 1.26. The Morgan fingerprint density at radius 2 is 1.95 bits per heavy atom. The van der Waals surface area contributed by atoms with Gasteiger partial charge >= 0.3 is 5.97 Å². The highest BCUT2D eigenvalue weighted by Gasteiger charge is 2.38. The molecule has 116 valence electrons. The molecule has 1 saturated carbocycles. The van der Waals surface area contributed by atoms with Crippen LogP contribution in [0.25, 0.3) is 0 Å². The first-order valence-corrected chi connectivity index (χ1v) is 8.91. The fraction of sp³-hybridized carbons (Fsp3) is 0.923. The molecular weight excluding hydrogens is 282 g/mol. The zero-order chi connectivity index (χ0) is 14.6. The number of carboxylic acid groups (broad SMARTS) is 1. The lowest BCUT2D eigenvalue weighted by Gasteiger charge is -2.36. The number of hydrogen-bond acceptors (Lipinski definition) is 4. The van der Waals surface area contributed by atoms with Crippen molar-refractivity contribution in [1.29, 1.82) is 0 Å². The van der Waals surface area contributed by atoms with Gasteiger partial charge in [-0.3, -0.25) is 4.79 Å². The number of sulfonamides is 1. The maximum absolute atomic E-state index is 12.3. The van der Waals surface area contributed by atoms with Gasteiger partial charge < -0.3 is 9.84 Å². The molecule has 2 aliphatic rings. The number of aliphatic carboxylic acids is 1. The van der Waals surface area contributed by atoms with E-state index in [4.69, 9.17) is 9.84 Å². The van der Waals surface area contributed by atoms with Gasteiger partial charge in [-0.25, -0.2) is 13.1 Å². The minimum absolute atomic E-state index is 0.0611. The first kappa shape index (κ1) is 15.7. The summed E-state index contributed by atoms with van der Waals surface area (Å²) >= 11 is 0. The molecule has 0 bridgehead atoms. The number of rotatable bonds is 6. The smallest absolute Gasteiger partial charge is 0.305 e.